The Morgan fingerprint density at radius 1 is 1.32 bits per heavy atom. The minimum absolute atomic E-state index is 0.0115. The molecule has 1 atom stereocenters. The van der Waals surface area contributed by atoms with Gasteiger partial charge in [-0.2, -0.15) is 8.78 Å². The third-order valence-electron chi connectivity index (χ3n) is 2.80. The first-order chi connectivity index (χ1) is 8.97. The van der Waals surface area contributed by atoms with Crippen molar-refractivity contribution in [3.8, 4) is 0 Å². The van der Waals surface area contributed by atoms with Crippen molar-refractivity contribution in [2.45, 2.75) is 31.9 Å². The molecule has 0 aliphatic carbocycles. The summed E-state index contributed by atoms with van der Waals surface area (Å²) in [7, 11) is 0. The maximum absolute atomic E-state index is 14.0. The van der Waals surface area contributed by atoms with Gasteiger partial charge in [0, 0.05) is 24.2 Å². The highest BCUT2D eigenvalue weighted by atomic mass is 19.3. The fraction of sp³-hybridized carbons (Fsp3) is 0.357. The molecular weight excluding hydrogens is 248 g/mol. The quantitative estimate of drug-likeness (QED) is 0.903. The first-order valence-electron chi connectivity index (χ1n) is 6.17. The lowest BCUT2D eigenvalue weighted by atomic mass is 10.1. The minimum atomic E-state index is -2.91. The number of hydrogen-bond acceptors (Lipinski definition) is 2. The highest BCUT2D eigenvalue weighted by Crippen LogP contribution is 2.29. The van der Waals surface area contributed by atoms with E-state index >= 15 is 0 Å². The third kappa shape index (κ3) is 3.61. The summed E-state index contributed by atoms with van der Waals surface area (Å²) in [5.41, 5.74) is 6.40. The normalized spacial score (nSPS) is 13.5. The Morgan fingerprint density at radius 3 is 2.63 bits per heavy atom. The van der Waals surface area contributed by atoms with E-state index in [1.54, 1.807) is 24.4 Å². The van der Waals surface area contributed by atoms with E-state index in [-0.39, 0.29) is 11.6 Å². The maximum atomic E-state index is 14.0. The number of nitrogens with zero attached hydrogens (tertiary/aromatic N) is 2. The van der Waals surface area contributed by atoms with E-state index in [0.717, 1.165) is 5.69 Å². The molecule has 0 radical (unpaired) electrons. The molecule has 1 aromatic heterocycles. The Kier molecular flexibility index (Phi) is 3.95. The molecule has 0 spiro atoms. The highest BCUT2D eigenvalue weighted by molar-refractivity contribution is 5.20. The van der Waals surface area contributed by atoms with E-state index in [0.29, 0.717) is 6.42 Å². The summed E-state index contributed by atoms with van der Waals surface area (Å²) in [6.45, 7) is 1.44. The molecule has 0 aliphatic heterocycles. The van der Waals surface area contributed by atoms with E-state index in [2.05, 4.69) is 4.98 Å². The zero-order chi connectivity index (χ0) is 13.9. The summed E-state index contributed by atoms with van der Waals surface area (Å²) in [4.78, 5) is 4.08. The van der Waals surface area contributed by atoms with Gasteiger partial charge >= 0.3 is 0 Å². The Hall–Kier alpha value is -1.75. The predicted octanol–water partition coefficient (Wildman–Crippen LogP) is 2.56. The molecule has 2 aromatic rings. The topological polar surface area (TPSA) is 43.8 Å². The van der Waals surface area contributed by atoms with Gasteiger partial charge in [0.1, 0.15) is 0 Å². The number of benzene rings is 1. The second-order valence-corrected chi connectivity index (χ2v) is 4.79. The van der Waals surface area contributed by atoms with Crippen LogP contribution in [0.3, 0.4) is 0 Å². The third-order valence-corrected chi connectivity index (χ3v) is 2.80. The molecule has 5 heteroatoms. The van der Waals surface area contributed by atoms with Gasteiger partial charge < -0.3 is 10.3 Å². The van der Waals surface area contributed by atoms with Gasteiger partial charge in [-0.1, -0.05) is 30.3 Å². The zero-order valence-corrected chi connectivity index (χ0v) is 10.8. The smallest absolute Gasteiger partial charge is 0.290 e. The maximum Gasteiger partial charge on any atom is 0.290 e. The number of halogens is 2. The van der Waals surface area contributed by atoms with Crippen molar-refractivity contribution >= 4 is 0 Å². The Balaban J connectivity index is 2.10. The molecule has 2 N–H and O–H groups in total. The fourth-order valence-corrected chi connectivity index (χ4v) is 1.93. The second kappa shape index (κ2) is 5.48. The second-order valence-electron chi connectivity index (χ2n) is 4.79. The molecule has 1 heterocycles. The summed E-state index contributed by atoms with van der Waals surface area (Å²) in [5, 5.41) is 0. The van der Waals surface area contributed by atoms with Crippen LogP contribution in [0.25, 0.3) is 0 Å². The minimum Gasteiger partial charge on any atom is -0.331 e. The number of imidazole rings is 1. The highest BCUT2D eigenvalue weighted by Gasteiger charge is 2.31. The molecule has 0 amide bonds. The van der Waals surface area contributed by atoms with Crippen LogP contribution in [-0.4, -0.2) is 15.6 Å². The van der Waals surface area contributed by atoms with Crippen LogP contribution in [0, 0.1) is 0 Å². The van der Waals surface area contributed by atoms with Crippen LogP contribution in [-0.2, 0) is 18.9 Å². The molecule has 102 valence electrons. The zero-order valence-electron chi connectivity index (χ0n) is 10.8. The van der Waals surface area contributed by atoms with Crippen molar-refractivity contribution in [2.24, 2.45) is 5.73 Å². The van der Waals surface area contributed by atoms with Crippen molar-refractivity contribution < 1.29 is 8.78 Å². The Morgan fingerprint density at radius 2 is 2.00 bits per heavy atom. The van der Waals surface area contributed by atoms with Crippen LogP contribution < -0.4 is 5.73 Å². The van der Waals surface area contributed by atoms with Gasteiger partial charge in [-0.05, 0) is 6.92 Å². The van der Waals surface area contributed by atoms with Crippen LogP contribution >= 0.6 is 0 Å². The van der Waals surface area contributed by atoms with Crippen LogP contribution in [0.5, 0.6) is 0 Å². The number of rotatable bonds is 5. The summed E-state index contributed by atoms with van der Waals surface area (Å²) in [6, 6.07) is 7.77. The largest absolute Gasteiger partial charge is 0.331 e. The molecular formula is C14H17F2N3. The van der Waals surface area contributed by atoms with Crippen molar-refractivity contribution in [3.63, 3.8) is 0 Å². The van der Waals surface area contributed by atoms with E-state index in [9.17, 15) is 8.78 Å². The molecule has 0 saturated heterocycles. The van der Waals surface area contributed by atoms with Crippen LogP contribution in [0.15, 0.2) is 42.9 Å². The van der Waals surface area contributed by atoms with Crippen molar-refractivity contribution in [1.29, 1.82) is 0 Å². The van der Waals surface area contributed by atoms with Crippen LogP contribution in [0.2, 0.25) is 0 Å². The summed E-state index contributed by atoms with van der Waals surface area (Å²) >= 11 is 0. The van der Waals surface area contributed by atoms with Gasteiger partial charge in [-0.15, -0.1) is 0 Å². The summed E-state index contributed by atoms with van der Waals surface area (Å²) in [5.74, 6) is -2.91. The van der Waals surface area contributed by atoms with E-state index in [4.69, 9.17) is 5.73 Å². The summed E-state index contributed by atoms with van der Waals surface area (Å²) in [6.07, 6.45) is 3.64. The number of hydrogen-bond donors (Lipinski definition) is 1. The van der Waals surface area contributed by atoms with E-state index < -0.39 is 12.5 Å². The van der Waals surface area contributed by atoms with Gasteiger partial charge in [0.2, 0.25) is 0 Å². The molecule has 0 bridgehead atoms. The van der Waals surface area contributed by atoms with Gasteiger partial charge in [-0.3, -0.25) is 0 Å². The molecule has 19 heavy (non-hydrogen) atoms. The predicted molar refractivity (Wildman–Crippen MR) is 69.9 cm³/mol. The van der Waals surface area contributed by atoms with Gasteiger partial charge in [0.25, 0.3) is 5.92 Å². The Bertz CT molecular complexity index is 520. The number of nitrogens with two attached hydrogens (primary N) is 1. The number of aromatic nitrogens is 2. The average molecular weight is 265 g/mol. The van der Waals surface area contributed by atoms with Crippen LogP contribution in [0.1, 0.15) is 18.2 Å². The number of alkyl halides is 2. The van der Waals surface area contributed by atoms with E-state index in [1.165, 1.54) is 23.0 Å². The first-order valence-corrected chi connectivity index (χ1v) is 6.17. The monoisotopic (exact) mass is 265 g/mol. The molecule has 0 fully saturated rings. The van der Waals surface area contributed by atoms with E-state index in [1.807, 2.05) is 6.92 Å². The molecule has 3 nitrogen and oxygen atoms in total. The molecule has 0 saturated carbocycles. The van der Waals surface area contributed by atoms with Gasteiger partial charge in [0.15, 0.2) is 0 Å². The summed E-state index contributed by atoms with van der Waals surface area (Å²) < 4.78 is 29.5. The lowest BCUT2D eigenvalue weighted by Crippen LogP contribution is -2.20. The molecule has 1 aromatic carbocycles. The standard InChI is InChI=1S/C14H17F2N3/c1-11(17)7-13-8-19(10-18-13)9-14(15,16)12-5-3-2-4-6-12/h2-6,8,10-11H,7,9,17H2,1H3. The lowest BCUT2D eigenvalue weighted by Gasteiger charge is -2.17. The van der Waals surface area contributed by atoms with Crippen molar-refractivity contribution in [1.82, 2.24) is 9.55 Å². The van der Waals surface area contributed by atoms with Crippen molar-refractivity contribution in [3.05, 3.63) is 54.1 Å². The molecule has 1 unspecified atom stereocenters. The van der Waals surface area contributed by atoms with Crippen molar-refractivity contribution in [2.75, 3.05) is 0 Å². The average Bonchev–Trinajstić information content (AvgIpc) is 2.76. The molecule has 0 aliphatic rings. The lowest BCUT2D eigenvalue weighted by molar-refractivity contribution is -0.0222. The molecule has 2 rings (SSSR count). The first kappa shape index (κ1) is 13.7. The Labute approximate surface area is 111 Å². The SMILES string of the molecule is CC(N)Cc1cn(CC(F)(F)c2ccccc2)cn1. The van der Waals surface area contributed by atoms with Crippen LogP contribution in [0.4, 0.5) is 8.78 Å². The fourth-order valence-electron chi connectivity index (χ4n) is 1.93. The van der Waals surface area contributed by atoms with Gasteiger partial charge in [0.05, 0.1) is 18.6 Å². The van der Waals surface area contributed by atoms with Gasteiger partial charge in [-0.25, -0.2) is 4.98 Å².